The van der Waals surface area contributed by atoms with E-state index in [1.165, 1.54) is 50.7 Å². The van der Waals surface area contributed by atoms with E-state index >= 15 is 0 Å². The molecule has 4 heteroatoms. The predicted octanol–water partition coefficient (Wildman–Crippen LogP) is 5.09. The molecule has 0 saturated carbocycles. The van der Waals surface area contributed by atoms with Gasteiger partial charge in [-0.1, -0.05) is 51.9 Å². The Bertz CT molecular complexity index is 392. The van der Waals surface area contributed by atoms with Crippen molar-refractivity contribution in [3.05, 3.63) is 30.1 Å². The Morgan fingerprint density at radius 2 is 1.52 bits per heavy atom. The van der Waals surface area contributed by atoms with Gasteiger partial charge < -0.3 is 10.6 Å². The molecular weight excluding hydrogens is 267 g/mol. The van der Waals surface area contributed by atoms with E-state index in [1.54, 1.807) is 12.1 Å². The largest absolute Gasteiger partial charge is 0.338 e. The molecule has 0 aromatic heterocycles. The van der Waals surface area contributed by atoms with Gasteiger partial charge in [0.1, 0.15) is 5.82 Å². The first-order valence-corrected chi connectivity index (χ1v) is 8.03. The van der Waals surface area contributed by atoms with Gasteiger partial charge in [0.2, 0.25) is 0 Å². The molecule has 0 aliphatic rings. The molecular formula is C17H27FN2O. The van der Waals surface area contributed by atoms with Crippen molar-refractivity contribution in [3.8, 4) is 0 Å². The molecule has 21 heavy (non-hydrogen) atoms. The molecule has 0 saturated heterocycles. The van der Waals surface area contributed by atoms with E-state index in [2.05, 4.69) is 17.6 Å². The molecule has 2 N–H and O–H groups in total. The number of anilines is 1. The van der Waals surface area contributed by atoms with E-state index in [-0.39, 0.29) is 11.8 Å². The number of halogens is 1. The summed E-state index contributed by atoms with van der Waals surface area (Å²) in [4.78, 5) is 11.6. The first kappa shape index (κ1) is 17.5. The summed E-state index contributed by atoms with van der Waals surface area (Å²) < 4.78 is 12.7. The molecule has 0 heterocycles. The molecule has 0 unspecified atom stereocenters. The summed E-state index contributed by atoms with van der Waals surface area (Å²) in [5.74, 6) is -0.306. The van der Waals surface area contributed by atoms with Gasteiger partial charge in [-0.15, -0.1) is 0 Å². The number of amides is 2. The predicted molar refractivity (Wildman–Crippen MR) is 86.0 cm³/mol. The van der Waals surface area contributed by atoms with Crippen LogP contribution in [-0.2, 0) is 0 Å². The van der Waals surface area contributed by atoms with Crippen LogP contribution in [0.25, 0.3) is 0 Å². The third-order valence-electron chi connectivity index (χ3n) is 3.42. The summed E-state index contributed by atoms with van der Waals surface area (Å²) >= 11 is 0. The van der Waals surface area contributed by atoms with Crippen LogP contribution in [0.3, 0.4) is 0 Å². The zero-order chi connectivity index (χ0) is 15.3. The summed E-state index contributed by atoms with van der Waals surface area (Å²) in [7, 11) is 0. The van der Waals surface area contributed by atoms with Crippen molar-refractivity contribution in [3.63, 3.8) is 0 Å². The molecule has 0 aliphatic heterocycles. The first-order valence-electron chi connectivity index (χ1n) is 8.03. The van der Waals surface area contributed by atoms with E-state index in [1.807, 2.05) is 0 Å². The van der Waals surface area contributed by atoms with Crippen molar-refractivity contribution < 1.29 is 9.18 Å². The second-order valence-electron chi connectivity index (χ2n) is 5.36. The fourth-order valence-electron chi connectivity index (χ4n) is 2.17. The van der Waals surface area contributed by atoms with Gasteiger partial charge in [0.05, 0.1) is 0 Å². The lowest BCUT2D eigenvalue weighted by atomic mass is 10.1. The smallest absolute Gasteiger partial charge is 0.319 e. The van der Waals surface area contributed by atoms with Crippen molar-refractivity contribution in [2.75, 3.05) is 11.9 Å². The maximum absolute atomic E-state index is 12.7. The second-order valence-corrected chi connectivity index (χ2v) is 5.36. The van der Waals surface area contributed by atoms with Crippen molar-refractivity contribution in [2.45, 2.75) is 58.3 Å². The highest BCUT2D eigenvalue weighted by atomic mass is 19.1. The number of rotatable bonds is 10. The molecule has 0 fully saturated rings. The SMILES string of the molecule is CCCCCCCCCCNC(=O)Nc1ccc(F)cc1. The molecule has 118 valence electrons. The number of benzene rings is 1. The Balaban J connectivity index is 1.97. The molecule has 0 bridgehead atoms. The zero-order valence-electron chi connectivity index (χ0n) is 13.0. The third-order valence-corrected chi connectivity index (χ3v) is 3.42. The molecule has 2 amide bonds. The van der Waals surface area contributed by atoms with Crippen molar-refractivity contribution >= 4 is 11.7 Å². The maximum atomic E-state index is 12.7. The highest BCUT2D eigenvalue weighted by Crippen LogP contribution is 2.09. The van der Waals surface area contributed by atoms with Gasteiger partial charge in [0, 0.05) is 12.2 Å². The number of carbonyl (C=O) groups excluding carboxylic acids is 1. The summed E-state index contributed by atoms with van der Waals surface area (Å²) in [6.07, 6.45) is 9.99. The van der Waals surface area contributed by atoms with E-state index in [0.29, 0.717) is 12.2 Å². The first-order chi connectivity index (χ1) is 10.2. The van der Waals surface area contributed by atoms with Gasteiger partial charge in [-0.25, -0.2) is 9.18 Å². The third kappa shape index (κ3) is 9.05. The van der Waals surface area contributed by atoms with Crippen LogP contribution in [0.15, 0.2) is 24.3 Å². The molecule has 1 rings (SSSR count). The van der Waals surface area contributed by atoms with Crippen LogP contribution >= 0.6 is 0 Å². The number of unbranched alkanes of at least 4 members (excludes halogenated alkanes) is 7. The average molecular weight is 294 g/mol. The molecule has 1 aromatic carbocycles. The van der Waals surface area contributed by atoms with E-state index < -0.39 is 0 Å². The van der Waals surface area contributed by atoms with Crippen LogP contribution in [0.2, 0.25) is 0 Å². The maximum Gasteiger partial charge on any atom is 0.319 e. The van der Waals surface area contributed by atoms with Crippen LogP contribution in [0.4, 0.5) is 14.9 Å². The number of urea groups is 1. The minimum absolute atomic E-state index is 0.232. The molecule has 0 radical (unpaired) electrons. The summed E-state index contributed by atoms with van der Waals surface area (Å²) in [6.45, 7) is 2.91. The fourth-order valence-corrected chi connectivity index (χ4v) is 2.17. The minimum Gasteiger partial charge on any atom is -0.338 e. The van der Waals surface area contributed by atoms with Gasteiger partial charge in [-0.3, -0.25) is 0 Å². The summed E-state index contributed by atoms with van der Waals surface area (Å²) in [5, 5.41) is 5.49. The summed E-state index contributed by atoms with van der Waals surface area (Å²) in [6, 6.07) is 5.52. The minimum atomic E-state index is -0.306. The van der Waals surface area contributed by atoms with Crippen molar-refractivity contribution in [1.82, 2.24) is 5.32 Å². The van der Waals surface area contributed by atoms with Crippen LogP contribution < -0.4 is 10.6 Å². The van der Waals surface area contributed by atoms with Crippen molar-refractivity contribution in [2.24, 2.45) is 0 Å². The van der Waals surface area contributed by atoms with Crippen LogP contribution in [-0.4, -0.2) is 12.6 Å². The molecule has 0 spiro atoms. The monoisotopic (exact) mass is 294 g/mol. The number of hydrogen-bond acceptors (Lipinski definition) is 1. The lowest BCUT2D eigenvalue weighted by Crippen LogP contribution is -2.29. The van der Waals surface area contributed by atoms with Crippen molar-refractivity contribution in [1.29, 1.82) is 0 Å². The van der Waals surface area contributed by atoms with E-state index in [0.717, 1.165) is 12.8 Å². The van der Waals surface area contributed by atoms with Gasteiger partial charge >= 0.3 is 6.03 Å². The van der Waals surface area contributed by atoms with Gasteiger partial charge in [-0.05, 0) is 30.7 Å². The highest BCUT2D eigenvalue weighted by molar-refractivity contribution is 5.89. The average Bonchev–Trinajstić information content (AvgIpc) is 2.48. The Labute approximate surface area is 127 Å². The normalized spacial score (nSPS) is 10.4. The van der Waals surface area contributed by atoms with Crippen LogP contribution in [0.1, 0.15) is 58.3 Å². The molecule has 1 aromatic rings. The Morgan fingerprint density at radius 3 is 2.14 bits per heavy atom. The number of hydrogen-bond donors (Lipinski definition) is 2. The van der Waals surface area contributed by atoms with E-state index in [9.17, 15) is 9.18 Å². The number of carbonyl (C=O) groups is 1. The van der Waals surface area contributed by atoms with Gasteiger partial charge in [0.15, 0.2) is 0 Å². The zero-order valence-corrected chi connectivity index (χ0v) is 13.0. The Morgan fingerprint density at radius 1 is 0.952 bits per heavy atom. The molecule has 0 aliphatic carbocycles. The topological polar surface area (TPSA) is 41.1 Å². The van der Waals surface area contributed by atoms with Gasteiger partial charge in [0.25, 0.3) is 0 Å². The second kappa shape index (κ2) is 11.1. The molecule has 0 atom stereocenters. The van der Waals surface area contributed by atoms with Crippen LogP contribution in [0, 0.1) is 5.82 Å². The Hall–Kier alpha value is -1.58. The highest BCUT2D eigenvalue weighted by Gasteiger charge is 2.00. The lowest BCUT2D eigenvalue weighted by molar-refractivity contribution is 0.252. The summed E-state index contributed by atoms with van der Waals surface area (Å²) in [5.41, 5.74) is 0.602. The van der Waals surface area contributed by atoms with Gasteiger partial charge in [-0.2, -0.15) is 0 Å². The fraction of sp³-hybridized carbons (Fsp3) is 0.588. The lowest BCUT2D eigenvalue weighted by Gasteiger charge is -2.07. The quantitative estimate of drug-likeness (QED) is 0.580. The Kier molecular flexibility index (Phi) is 9.25. The van der Waals surface area contributed by atoms with E-state index in [4.69, 9.17) is 0 Å². The number of nitrogens with one attached hydrogen (secondary N) is 2. The van der Waals surface area contributed by atoms with Crippen LogP contribution in [0.5, 0.6) is 0 Å². The standard InChI is InChI=1S/C17H27FN2O/c1-2-3-4-5-6-7-8-9-14-19-17(21)20-16-12-10-15(18)11-13-16/h10-13H,2-9,14H2,1H3,(H2,19,20,21). The molecule has 3 nitrogen and oxygen atoms in total.